The van der Waals surface area contributed by atoms with Crippen molar-refractivity contribution < 1.29 is 24.2 Å². The van der Waals surface area contributed by atoms with Gasteiger partial charge in [0.25, 0.3) is 5.91 Å². The highest BCUT2D eigenvalue weighted by Gasteiger charge is 2.75. The number of ether oxygens (including phenoxy) is 1. The average Bonchev–Trinajstić information content (AvgIpc) is 3.69. The van der Waals surface area contributed by atoms with Crippen LogP contribution in [0.15, 0.2) is 98.1 Å². The molecule has 3 aromatic rings. The molecule has 3 aliphatic rings. The van der Waals surface area contributed by atoms with E-state index < -0.39 is 35.6 Å². The predicted molar refractivity (Wildman–Crippen MR) is 170 cm³/mol. The maximum absolute atomic E-state index is 15.0. The van der Waals surface area contributed by atoms with Crippen molar-refractivity contribution >= 4 is 34.2 Å². The molecule has 8 heteroatoms. The van der Waals surface area contributed by atoms with Crippen LogP contribution >= 0.6 is 0 Å². The molecule has 0 aliphatic carbocycles. The Hall–Kier alpha value is -4.27. The van der Waals surface area contributed by atoms with Gasteiger partial charge in [-0.05, 0) is 47.7 Å². The molecule has 44 heavy (non-hydrogen) atoms. The van der Waals surface area contributed by atoms with Crippen molar-refractivity contribution in [3.05, 3.63) is 104 Å². The molecule has 3 heterocycles. The Labute approximate surface area is 258 Å². The van der Waals surface area contributed by atoms with Crippen LogP contribution in [0.1, 0.15) is 18.4 Å². The van der Waals surface area contributed by atoms with Crippen molar-refractivity contribution in [2.45, 2.75) is 43.1 Å². The van der Waals surface area contributed by atoms with Gasteiger partial charge < -0.3 is 24.5 Å². The number of anilines is 1. The van der Waals surface area contributed by atoms with E-state index in [1.807, 2.05) is 72.8 Å². The Morgan fingerprint density at radius 1 is 1.02 bits per heavy atom. The van der Waals surface area contributed by atoms with Crippen LogP contribution in [-0.2, 0) is 25.5 Å². The molecule has 0 saturated carbocycles. The average molecular weight is 594 g/mol. The fourth-order valence-electron chi connectivity index (χ4n) is 7.66. The number of likely N-dealkylation sites (tertiary alicyclic amines) is 1. The minimum Gasteiger partial charge on any atom is -0.394 e. The molecule has 3 fully saturated rings. The number of hydrogen-bond donors (Lipinski definition) is 1. The standard InChI is InChI=1S/C36H39N3O5/c1-4-19-37(3)33(41)30-29-17-18-36(44-29)31(30)34(42)39(28(23-40)21-24-11-7-6-8-12-24)32(36)35(43)38(20-5-2)27-16-15-25-13-9-10-14-26(25)22-27/h4-16,22,28-32,40H,1-2,17-21,23H2,3H3/t28-,29+,30-,31+,32?,36?/m1/s1. The number of benzene rings is 3. The summed E-state index contributed by atoms with van der Waals surface area (Å²) in [5.74, 6) is -2.37. The van der Waals surface area contributed by atoms with Gasteiger partial charge in [-0.15, -0.1) is 13.2 Å². The number of aliphatic hydroxyl groups is 1. The number of amides is 3. The fraction of sp³-hybridized carbons (Fsp3) is 0.361. The smallest absolute Gasteiger partial charge is 0.253 e. The largest absolute Gasteiger partial charge is 0.394 e. The topological polar surface area (TPSA) is 90.4 Å². The maximum Gasteiger partial charge on any atom is 0.253 e. The highest BCUT2D eigenvalue weighted by Crippen LogP contribution is 2.59. The molecule has 0 aromatic heterocycles. The third kappa shape index (κ3) is 4.82. The minimum absolute atomic E-state index is 0.191. The molecule has 2 bridgehead atoms. The molecular weight excluding hydrogens is 554 g/mol. The maximum atomic E-state index is 15.0. The SMILES string of the molecule is C=CCN(C)C(=O)[C@@H]1[C@@H]2CCC3(O2)C(C(=O)N(CC=C)c2ccc4ccccc4c2)N([C@@H](CO)Cc2ccccc2)C(=O)[C@H]13. The summed E-state index contributed by atoms with van der Waals surface area (Å²) in [5.41, 5.74) is 0.422. The number of aliphatic hydroxyl groups excluding tert-OH is 1. The van der Waals surface area contributed by atoms with Crippen molar-refractivity contribution in [2.24, 2.45) is 11.8 Å². The summed E-state index contributed by atoms with van der Waals surface area (Å²) in [4.78, 5) is 48.1. The number of carbonyl (C=O) groups is 3. The number of rotatable bonds is 11. The van der Waals surface area contributed by atoms with E-state index in [9.17, 15) is 19.5 Å². The van der Waals surface area contributed by atoms with Gasteiger partial charge in [0.15, 0.2) is 0 Å². The highest BCUT2D eigenvalue weighted by molar-refractivity contribution is 6.06. The molecule has 6 atom stereocenters. The summed E-state index contributed by atoms with van der Waals surface area (Å²) >= 11 is 0. The van der Waals surface area contributed by atoms with Crippen LogP contribution in [0.25, 0.3) is 10.8 Å². The van der Waals surface area contributed by atoms with Gasteiger partial charge in [-0.25, -0.2) is 0 Å². The van der Waals surface area contributed by atoms with E-state index in [2.05, 4.69) is 13.2 Å². The van der Waals surface area contributed by atoms with Crippen LogP contribution in [0.4, 0.5) is 5.69 Å². The molecule has 3 amide bonds. The van der Waals surface area contributed by atoms with Crippen molar-refractivity contribution in [2.75, 3.05) is 31.6 Å². The molecule has 3 saturated heterocycles. The summed E-state index contributed by atoms with van der Waals surface area (Å²) in [6.07, 6.45) is 4.25. The van der Waals surface area contributed by atoms with E-state index in [1.54, 1.807) is 33.9 Å². The second kappa shape index (κ2) is 12.0. The Bertz CT molecular complexity index is 1590. The molecule has 8 nitrogen and oxygen atoms in total. The summed E-state index contributed by atoms with van der Waals surface area (Å²) in [6, 6.07) is 21.7. The lowest BCUT2D eigenvalue weighted by Crippen LogP contribution is -2.59. The second-order valence-electron chi connectivity index (χ2n) is 12.1. The van der Waals surface area contributed by atoms with E-state index in [0.717, 1.165) is 16.3 Å². The quantitative estimate of drug-likeness (QED) is 0.340. The molecule has 3 aromatic carbocycles. The van der Waals surface area contributed by atoms with Crippen molar-refractivity contribution in [1.29, 1.82) is 0 Å². The van der Waals surface area contributed by atoms with Gasteiger partial charge in [-0.1, -0.05) is 72.8 Å². The molecule has 0 radical (unpaired) electrons. The number of hydrogen-bond acceptors (Lipinski definition) is 5. The first-order valence-corrected chi connectivity index (χ1v) is 15.3. The molecule has 228 valence electrons. The first-order valence-electron chi connectivity index (χ1n) is 15.3. The lowest BCUT2D eigenvalue weighted by atomic mass is 9.70. The van der Waals surface area contributed by atoms with Gasteiger partial charge in [0.1, 0.15) is 11.6 Å². The second-order valence-corrected chi connectivity index (χ2v) is 12.1. The molecule has 3 aliphatic heterocycles. The number of nitrogens with zero attached hydrogens (tertiary/aromatic N) is 3. The van der Waals surface area contributed by atoms with E-state index in [4.69, 9.17) is 4.74 Å². The van der Waals surface area contributed by atoms with Crippen LogP contribution in [0.5, 0.6) is 0 Å². The van der Waals surface area contributed by atoms with Gasteiger partial charge in [0.05, 0.1) is 30.6 Å². The van der Waals surface area contributed by atoms with Crippen molar-refractivity contribution in [3.63, 3.8) is 0 Å². The molecule has 1 N–H and O–H groups in total. The number of carbonyl (C=O) groups excluding carboxylic acids is 3. The Morgan fingerprint density at radius 2 is 1.73 bits per heavy atom. The van der Waals surface area contributed by atoms with E-state index >= 15 is 0 Å². The van der Waals surface area contributed by atoms with E-state index in [1.165, 1.54) is 0 Å². The Kier molecular flexibility index (Phi) is 8.14. The summed E-state index contributed by atoms with van der Waals surface area (Å²) in [5, 5.41) is 12.8. The molecule has 2 unspecified atom stereocenters. The third-order valence-electron chi connectivity index (χ3n) is 9.58. The zero-order valence-corrected chi connectivity index (χ0v) is 25.0. The Morgan fingerprint density at radius 3 is 2.43 bits per heavy atom. The van der Waals surface area contributed by atoms with E-state index in [-0.39, 0.29) is 30.9 Å². The fourth-order valence-corrected chi connectivity index (χ4v) is 7.66. The van der Waals surface area contributed by atoms with Crippen LogP contribution in [0, 0.1) is 11.8 Å². The monoisotopic (exact) mass is 593 g/mol. The van der Waals surface area contributed by atoms with Crippen LogP contribution < -0.4 is 4.90 Å². The van der Waals surface area contributed by atoms with Crippen LogP contribution in [0.3, 0.4) is 0 Å². The van der Waals surface area contributed by atoms with E-state index in [0.29, 0.717) is 31.5 Å². The third-order valence-corrected chi connectivity index (χ3v) is 9.58. The van der Waals surface area contributed by atoms with Gasteiger partial charge in [-0.3, -0.25) is 14.4 Å². The van der Waals surface area contributed by atoms with Gasteiger partial charge in [-0.2, -0.15) is 0 Å². The molecule has 1 spiro atoms. The van der Waals surface area contributed by atoms with Gasteiger partial charge >= 0.3 is 0 Å². The zero-order valence-electron chi connectivity index (χ0n) is 25.0. The Balaban J connectivity index is 1.45. The highest BCUT2D eigenvalue weighted by atomic mass is 16.5. The zero-order chi connectivity index (χ0) is 31.0. The number of fused-ring (bicyclic) bond motifs is 2. The molecule has 6 rings (SSSR count). The summed E-state index contributed by atoms with van der Waals surface area (Å²) in [6.45, 7) is 7.88. The number of likely N-dealkylation sites (N-methyl/N-ethyl adjacent to an activating group) is 1. The lowest BCUT2D eigenvalue weighted by Gasteiger charge is -2.39. The van der Waals surface area contributed by atoms with Crippen molar-refractivity contribution in [1.82, 2.24) is 9.80 Å². The lowest BCUT2D eigenvalue weighted by molar-refractivity contribution is -0.146. The van der Waals surface area contributed by atoms with Gasteiger partial charge in [0.2, 0.25) is 11.8 Å². The molecular formula is C36H39N3O5. The predicted octanol–water partition coefficient (Wildman–Crippen LogP) is 3.98. The summed E-state index contributed by atoms with van der Waals surface area (Å²) in [7, 11) is 1.69. The summed E-state index contributed by atoms with van der Waals surface area (Å²) < 4.78 is 6.67. The van der Waals surface area contributed by atoms with Crippen molar-refractivity contribution in [3.8, 4) is 0 Å². The first-order chi connectivity index (χ1) is 21.3. The van der Waals surface area contributed by atoms with Crippen LogP contribution in [0.2, 0.25) is 0 Å². The minimum atomic E-state index is -1.19. The van der Waals surface area contributed by atoms with Gasteiger partial charge in [0, 0.05) is 25.8 Å². The van der Waals surface area contributed by atoms with Crippen LogP contribution in [-0.4, -0.2) is 83.2 Å². The normalized spacial score (nSPS) is 26.0. The first kappa shape index (κ1) is 29.8.